The predicted molar refractivity (Wildman–Crippen MR) is 118 cm³/mol. The van der Waals surface area contributed by atoms with Gasteiger partial charge in [0.05, 0.1) is 6.04 Å². The molecule has 0 saturated carbocycles. The van der Waals surface area contributed by atoms with Gasteiger partial charge in [0.15, 0.2) is 5.96 Å². The van der Waals surface area contributed by atoms with Crippen molar-refractivity contribution >= 4 is 12.1 Å². The number of likely N-dealkylation sites (N-methyl/N-ethyl adjacent to an activating group) is 1. The van der Waals surface area contributed by atoms with E-state index in [0.29, 0.717) is 5.92 Å². The molecule has 0 bridgehead atoms. The number of hydrogen-bond donors (Lipinski definition) is 2. The summed E-state index contributed by atoms with van der Waals surface area (Å²) < 4.78 is 5.36. The van der Waals surface area contributed by atoms with Crippen LogP contribution in [-0.4, -0.2) is 104 Å². The molecule has 8 nitrogen and oxygen atoms in total. The van der Waals surface area contributed by atoms with Gasteiger partial charge in [0, 0.05) is 59.4 Å². The van der Waals surface area contributed by atoms with Crippen LogP contribution in [0.2, 0.25) is 0 Å². The Morgan fingerprint density at radius 1 is 1.17 bits per heavy atom. The summed E-state index contributed by atoms with van der Waals surface area (Å²) in [6.45, 7) is 19.7. The minimum Gasteiger partial charge on any atom is -0.444 e. The first-order valence-corrected chi connectivity index (χ1v) is 11.1. The molecule has 2 N–H and O–H groups in total. The Labute approximate surface area is 177 Å². The lowest BCUT2D eigenvalue weighted by Gasteiger charge is -2.35. The SMILES string of the molecule is CCN1CCN(CC(C)CNC(=NC)N2CCC(NC(=O)OC(C)(C)C)C2)CC1. The molecule has 2 rings (SSSR count). The number of hydrogen-bond acceptors (Lipinski definition) is 5. The van der Waals surface area contributed by atoms with Crippen molar-refractivity contribution in [1.29, 1.82) is 0 Å². The van der Waals surface area contributed by atoms with E-state index in [9.17, 15) is 4.79 Å². The summed E-state index contributed by atoms with van der Waals surface area (Å²) in [5, 5.41) is 6.50. The second kappa shape index (κ2) is 11.0. The van der Waals surface area contributed by atoms with Crippen LogP contribution in [0.1, 0.15) is 41.0 Å². The number of nitrogens with zero attached hydrogens (tertiary/aromatic N) is 4. The molecule has 0 aromatic heterocycles. The summed E-state index contributed by atoms with van der Waals surface area (Å²) >= 11 is 0. The van der Waals surface area contributed by atoms with E-state index in [1.165, 1.54) is 13.1 Å². The Balaban J connectivity index is 1.70. The van der Waals surface area contributed by atoms with Crippen molar-refractivity contribution in [2.45, 2.75) is 52.7 Å². The van der Waals surface area contributed by atoms with E-state index >= 15 is 0 Å². The van der Waals surface area contributed by atoms with Gasteiger partial charge in [-0.1, -0.05) is 13.8 Å². The van der Waals surface area contributed by atoms with Gasteiger partial charge >= 0.3 is 6.09 Å². The lowest BCUT2D eigenvalue weighted by molar-refractivity contribution is 0.0507. The van der Waals surface area contributed by atoms with Gasteiger partial charge in [0.2, 0.25) is 0 Å². The molecule has 2 saturated heterocycles. The smallest absolute Gasteiger partial charge is 0.407 e. The maximum Gasteiger partial charge on any atom is 0.407 e. The van der Waals surface area contributed by atoms with Crippen LogP contribution >= 0.6 is 0 Å². The van der Waals surface area contributed by atoms with E-state index in [1.807, 2.05) is 27.8 Å². The van der Waals surface area contributed by atoms with Crippen LogP contribution in [0.5, 0.6) is 0 Å². The highest BCUT2D eigenvalue weighted by molar-refractivity contribution is 5.80. The van der Waals surface area contributed by atoms with Gasteiger partial charge in [0.25, 0.3) is 0 Å². The van der Waals surface area contributed by atoms with Crippen molar-refractivity contribution in [3.63, 3.8) is 0 Å². The molecule has 1 amide bonds. The lowest BCUT2D eigenvalue weighted by Crippen LogP contribution is -2.49. The van der Waals surface area contributed by atoms with Crippen molar-refractivity contribution in [3.8, 4) is 0 Å². The van der Waals surface area contributed by atoms with Gasteiger partial charge in [-0.15, -0.1) is 0 Å². The zero-order chi connectivity index (χ0) is 21.4. The maximum atomic E-state index is 12.0. The molecule has 8 heteroatoms. The van der Waals surface area contributed by atoms with E-state index in [4.69, 9.17) is 4.74 Å². The second-order valence-electron chi connectivity index (χ2n) is 9.35. The largest absolute Gasteiger partial charge is 0.444 e. The Morgan fingerprint density at radius 2 is 1.83 bits per heavy atom. The third-order valence-corrected chi connectivity index (χ3v) is 5.51. The minimum atomic E-state index is -0.473. The van der Waals surface area contributed by atoms with Crippen LogP contribution in [-0.2, 0) is 4.74 Å². The molecule has 2 atom stereocenters. The first-order chi connectivity index (χ1) is 13.7. The van der Waals surface area contributed by atoms with Gasteiger partial charge in [-0.3, -0.25) is 4.99 Å². The fourth-order valence-electron chi connectivity index (χ4n) is 3.94. The molecule has 0 aromatic rings. The highest BCUT2D eigenvalue weighted by atomic mass is 16.6. The quantitative estimate of drug-likeness (QED) is 0.510. The van der Waals surface area contributed by atoms with Crippen LogP contribution in [0.25, 0.3) is 0 Å². The van der Waals surface area contributed by atoms with Crippen LogP contribution in [0.15, 0.2) is 4.99 Å². The van der Waals surface area contributed by atoms with E-state index in [1.54, 1.807) is 0 Å². The topological polar surface area (TPSA) is 72.4 Å². The van der Waals surface area contributed by atoms with E-state index < -0.39 is 5.60 Å². The van der Waals surface area contributed by atoms with Gasteiger partial charge < -0.3 is 30.1 Å². The lowest BCUT2D eigenvalue weighted by atomic mass is 10.1. The number of likely N-dealkylation sites (tertiary alicyclic amines) is 1. The molecule has 0 aliphatic carbocycles. The molecular weight excluding hydrogens is 368 g/mol. The van der Waals surface area contributed by atoms with Crippen molar-refractivity contribution in [3.05, 3.63) is 0 Å². The molecule has 0 aromatic carbocycles. The Bertz CT molecular complexity index is 540. The second-order valence-corrected chi connectivity index (χ2v) is 9.35. The number of piperazine rings is 1. The average molecular weight is 411 g/mol. The number of amides is 1. The number of carbonyl (C=O) groups excluding carboxylic acids is 1. The fraction of sp³-hybridized carbons (Fsp3) is 0.905. The molecule has 2 aliphatic heterocycles. The van der Waals surface area contributed by atoms with Crippen molar-refractivity contribution in [1.82, 2.24) is 25.3 Å². The molecule has 168 valence electrons. The van der Waals surface area contributed by atoms with Crippen molar-refractivity contribution < 1.29 is 9.53 Å². The summed E-state index contributed by atoms with van der Waals surface area (Å²) in [6.07, 6.45) is 0.557. The van der Waals surface area contributed by atoms with Crippen LogP contribution in [0.4, 0.5) is 4.79 Å². The number of alkyl carbamates (subject to hydrolysis) is 1. The Kier molecular flexibility index (Phi) is 9.02. The number of aliphatic imine (C=N–C) groups is 1. The third kappa shape index (κ3) is 8.38. The van der Waals surface area contributed by atoms with Gasteiger partial charge in [-0.2, -0.15) is 0 Å². The number of ether oxygens (including phenoxy) is 1. The number of guanidine groups is 1. The maximum absolute atomic E-state index is 12.0. The monoisotopic (exact) mass is 410 g/mol. The molecule has 29 heavy (non-hydrogen) atoms. The Hall–Kier alpha value is -1.54. The minimum absolute atomic E-state index is 0.0932. The summed E-state index contributed by atoms with van der Waals surface area (Å²) in [6, 6.07) is 0.0932. The van der Waals surface area contributed by atoms with Gasteiger partial charge in [-0.25, -0.2) is 4.79 Å². The normalized spacial score (nSPS) is 23.2. The first-order valence-electron chi connectivity index (χ1n) is 11.1. The number of nitrogens with one attached hydrogen (secondary N) is 2. The summed E-state index contributed by atoms with van der Waals surface area (Å²) in [4.78, 5) is 23.7. The number of rotatable bonds is 6. The molecule has 0 spiro atoms. The van der Waals surface area contributed by atoms with E-state index in [2.05, 4.69) is 44.2 Å². The molecule has 2 fully saturated rings. The highest BCUT2D eigenvalue weighted by Gasteiger charge is 2.28. The molecule has 2 unspecified atom stereocenters. The van der Waals surface area contributed by atoms with Crippen molar-refractivity contribution in [2.75, 3.05) is 66.0 Å². The zero-order valence-electron chi connectivity index (χ0n) is 19.3. The molecular formula is C21H42N6O2. The molecule has 2 heterocycles. The van der Waals surface area contributed by atoms with Gasteiger partial charge in [0.1, 0.15) is 5.60 Å². The summed E-state index contributed by atoms with van der Waals surface area (Å²) in [5.74, 6) is 1.47. The standard InChI is InChI=1S/C21H42N6O2/c1-7-25-10-12-26(13-11-25)15-17(2)14-23-19(22-6)27-9-8-18(16-27)24-20(28)29-21(3,4)5/h17-18H,7-16H2,1-6H3,(H,22,23)(H,24,28). The molecule has 2 aliphatic rings. The van der Waals surface area contributed by atoms with E-state index in [-0.39, 0.29) is 12.1 Å². The molecule has 0 radical (unpaired) electrons. The fourth-order valence-corrected chi connectivity index (χ4v) is 3.94. The first kappa shape index (κ1) is 23.7. The summed E-state index contributed by atoms with van der Waals surface area (Å²) in [7, 11) is 1.82. The van der Waals surface area contributed by atoms with Crippen LogP contribution in [0, 0.1) is 5.92 Å². The zero-order valence-corrected chi connectivity index (χ0v) is 19.3. The van der Waals surface area contributed by atoms with Gasteiger partial charge in [-0.05, 0) is 39.7 Å². The summed E-state index contributed by atoms with van der Waals surface area (Å²) in [5.41, 5.74) is -0.473. The predicted octanol–water partition coefficient (Wildman–Crippen LogP) is 1.43. The van der Waals surface area contributed by atoms with E-state index in [0.717, 1.165) is 58.2 Å². The van der Waals surface area contributed by atoms with Crippen LogP contribution in [0.3, 0.4) is 0 Å². The van der Waals surface area contributed by atoms with Crippen molar-refractivity contribution in [2.24, 2.45) is 10.9 Å². The average Bonchev–Trinajstić information content (AvgIpc) is 3.09. The third-order valence-electron chi connectivity index (χ3n) is 5.51. The Morgan fingerprint density at radius 3 is 2.41 bits per heavy atom. The number of carbonyl (C=O) groups is 1. The highest BCUT2D eigenvalue weighted by Crippen LogP contribution is 2.12. The van der Waals surface area contributed by atoms with Crippen LogP contribution < -0.4 is 10.6 Å².